The molecule has 1 aliphatic rings. The van der Waals surface area contributed by atoms with E-state index in [9.17, 15) is 13.2 Å². The Bertz CT molecular complexity index is 1210. The minimum atomic E-state index is -3.49. The van der Waals surface area contributed by atoms with Crippen molar-refractivity contribution in [3.63, 3.8) is 0 Å². The van der Waals surface area contributed by atoms with Crippen molar-refractivity contribution in [2.45, 2.75) is 37.6 Å². The van der Waals surface area contributed by atoms with Gasteiger partial charge in [0, 0.05) is 30.5 Å². The average molecular weight is 490 g/mol. The van der Waals surface area contributed by atoms with Crippen LogP contribution in [0, 0.1) is 5.92 Å². The molecule has 1 aliphatic heterocycles. The first-order chi connectivity index (χ1) is 14.4. The number of aryl methyl sites for hydroxylation is 1. The summed E-state index contributed by atoms with van der Waals surface area (Å²) in [6.07, 6.45) is 2.12. The fourth-order valence-electron chi connectivity index (χ4n) is 4.02. The Morgan fingerprint density at radius 2 is 1.73 bits per heavy atom. The van der Waals surface area contributed by atoms with Crippen LogP contribution in [-0.4, -0.2) is 35.4 Å². The first kappa shape index (κ1) is 21.2. The zero-order valence-corrected chi connectivity index (χ0v) is 19.2. The summed E-state index contributed by atoms with van der Waals surface area (Å²) >= 11 is 3.34. The van der Waals surface area contributed by atoms with Crippen molar-refractivity contribution in [3.8, 4) is 0 Å². The van der Waals surface area contributed by atoms with Crippen molar-refractivity contribution in [2.24, 2.45) is 5.92 Å². The van der Waals surface area contributed by atoms with E-state index in [4.69, 9.17) is 0 Å². The Kier molecular flexibility index (Phi) is 6.09. The van der Waals surface area contributed by atoms with Crippen molar-refractivity contribution in [1.82, 2.24) is 13.9 Å². The van der Waals surface area contributed by atoms with Gasteiger partial charge in [-0.05, 0) is 55.2 Å². The summed E-state index contributed by atoms with van der Waals surface area (Å²) < 4.78 is 30.0. The first-order valence-electron chi connectivity index (χ1n) is 10.1. The number of piperidine rings is 1. The van der Waals surface area contributed by atoms with E-state index in [-0.39, 0.29) is 11.5 Å². The molecule has 2 aromatic carbocycles. The van der Waals surface area contributed by atoms with E-state index in [1.807, 2.05) is 31.2 Å². The van der Waals surface area contributed by atoms with Crippen molar-refractivity contribution >= 4 is 36.9 Å². The highest BCUT2D eigenvalue weighted by molar-refractivity contribution is 9.10. The van der Waals surface area contributed by atoms with E-state index in [0.29, 0.717) is 36.3 Å². The molecule has 1 saturated heterocycles. The molecule has 0 bridgehead atoms. The Balaban J connectivity index is 1.51. The van der Waals surface area contributed by atoms with E-state index < -0.39 is 10.0 Å². The van der Waals surface area contributed by atoms with Gasteiger partial charge in [0.25, 0.3) is 5.56 Å². The van der Waals surface area contributed by atoms with Crippen LogP contribution in [0.3, 0.4) is 0 Å². The summed E-state index contributed by atoms with van der Waals surface area (Å²) in [6.45, 7) is 3.49. The molecule has 4 rings (SSSR count). The van der Waals surface area contributed by atoms with Crippen LogP contribution in [-0.2, 0) is 23.0 Å². The van der Waals surface area contributed by atoms with Gasteiger partial charge in [-0.2, -0.15) is 4.31 Å². The molecular formula is C22H24BrN3O3S. The van der Waals surface area contributed by atoms with Crippen LogP contribution in [0.25, 0.3) is 10.9 Å². The minimum Gasteiger partial charge on any atom is -0.296 e. The molecule has 1 fully saturated rings. The second kappa shape index (κ2) is 8.61. The predicted molar refractivity (Wildman–Crippen MR) is 121 cm³/mol. The van der Waals surface area contributed by atoms with Gasteiger partial charge in [-0.1, -0.05) is 35.0 Å². The molecule has 0 amide bonds. The molecule has 8 heteroatoms. The van der Waals surface area contributed by atoms with Gasteiger partial charge in [-0.25, -0.2) is 13.4 Å². The molecule has 2 heterocycles. The molecule has 1 aromatic heterocycles. The molecular weight excluding hydrogens is 466 g/mol. The van der Waals surface area contributed by atoms with Crippen LogP contribution in [0.4, 0.5) is 0 Å². The van der Waals surface area contributed by atoms with E-state index in [1.165, 1.54) is 0 Å². The van der Waals surface area contributed by atoms with Crippen LogP contribution in [0.1, 0.15) is 25.6 Å². The monoisotopic (exact) mass is 489 g/mol. The molecule has 30 heavy (non-hydrogen) atoms. The average Bonchev–Trinajstić information content (AvgIpc) is 2.76. The van der Waals surface area contributed by atoms with E-state index in [1.54, 1.807) is 33.1 Å². The summed E-state index contributed by atoms with van der Waals surface area (Å²) in [7, 11) is -3.49. The predicted octanol–water partition coefficient (Wildman–Crippen LogP) is 3.82. The number of para-hydroxylation sites is 1. The number of aromatic nitrogens is 2. The van der Waals surface area contributed by atoms with Gasteiger partial charge in [0.2, 0.25) is 10.0 Å². The van der Waals surface area contributed by atoms with Crippen LogP contribution < -0.4 is 5.56 Å². The number of nitrogens with zero attached hydrogens (tertiary/aromatic N) is 3. The van der Waals surface area contributed by atoms with E-state index in [2.05, 4.69) is 20.9 Å². The summed E-state index contributed by atoms with van der Waals surface area (Å²) in [5.74, 6) is 1.02. The second-order valence-corrected chi connectivity index (χ2v) is 10.5. The molecule has 0 radical (unpaired) electrons. The third-order valence-corrected chi connectivity index (χ3v) is 8.16. The topological polar surface area (TPSA) is 72.3 Å². The Hall–Kier alpha value is -2.03. The zero-order chi connectivity index (χ0) is 21.3. The number of hydrogen-bond donors (Lipinski definition) is 0. The van der Waals surface area contributed by atoms with Gasteiger partial charge >= 0.3 is 0 Å². The van der Waals surface area contributed by atoms with Gasteiger partial charge in [0.05, 0.1) is 15.8 Å². The lowest BCUT2D eigenvalue weighted by molar-refractivity contribution is 0.249. The molecule has 158 valence electrons. The standard InChI is InChI=1S/C22H24BrN3O3S/c1-2-21-24-20-6-4-3-5-19(20)22(27)26(21)15-16-11-13-25(14-12-16)30(28,29)18-9-7-17(23)8-10-18/h3-10,16H,2,11-15H2,1H3. The number of halogens is 1. The number of rotatable bonds is 5. The molecule has 0 aliphatic carbocycles. The molecule has 0 unspecified atom stereocenters. The van der Waals surface area contributed by atoms with Crippen molar-refractivity contribution in [2.75, 3.05) is 13.1 Å². The molecule has 3 aromatic rings. The lowest BCUT2D eigenvalue weighted by Crippen LogP contribution is -2.40. The highest BCUT2D eigenvalue weighted by atomic mass is 79.9. The van der Waals surface area contributed by atoms with Gasteiger partial charge in [0.15, 0.2) is 0 Å². The Morgan fingerprint density at radius 1 is 1.07 bits per heavy atom. The van der Waals surface area contributed by atoms with Gasteiger partial charge in [-0.3, -0.25) is 9.36 Å². The fraction of sp³-hybridized carbons (Fsp3) is 0.364. The van der Waals surface area contributed by atoms with Gasteiger partial charge in [0.1, 0.15) is 5.82 Å². The number of sulfonamides is 1. The van der Waals surface area contributed by atoms with E-state index in [0.717, 1.165) is 28.7 Å². The third kappa shape index (κ3) is 4.08. The largest absolute Gasteiger partial charge is 0.296 e. The van der Waals surface area contributed by atoms with Crippen LogP contribution in [0.2, 0.25) is 0 Å². The number of fused-ring (bicyclic) bond motifs is 1. The molecule has 0 N–H and O–H groups in total. The summed E-state index contributed by atoms with van der Waals surface area (Å²) in [6, 6.07) is 14.2. The second-order valence-electron chi connectivity index (χ2n) is 7.62. The SMILES string of the molecule is CCc1nc2ccccc2c(=O)n1CC1CCN(S(=O)(=O)c2ccc(Br)cc2)CC1. The van der Waals surface area contributed by atoms with Crippen molar-refractivity contribution in [3.05, 3.63) is 69.2 Å². The van der Waals surface area contributed by atoms with Crippen molar-refractivity contribution < 1.29 is 8.42 Å². The van der Waals surface area contributed by atoms with Crippen molar-refractivity contribution in [1.29, 1.82) is 0 Å². The highest BCUT2D eigenvalue weighted by Crippen LogP contribution is 2.26. The van der Waals surface area contributed by atoms with Gasteiger partial charge < -0.3 is 0 Å². The normalized spacial score (nSPS) is 16.2. The molecule has 6 nitrogen and oxygen atoms in total. The van der Waals surface area contributed by atoms with Crippen LogP contribution in [0.5, 0.6) is 0 Å². The maximum absolute atomic E-state index is 13.0. The minimum absolute atomic E-state index is 0.0117. The lowest BCUT2D eigenvalue weighted by atomic mass is 9.98. The zero-order valence-electron chi connectivity index (χ0n) is 16.8. The summed E-state index contributed by atoms with van der Waals surface area (Å²) in [5.41, 5.74) is 0.716. The summed E-state index contributed by atoms with van der Waals surface area (Å²) in [5, 5.41) is 0.630. The third-order valence-electron chi connectivity index (χ3n) is 5.72. The first-order valence-corrected chi connectivity index (χ1v) is 12.4. The lowest BCUT2D eigenvalue weighted by Gasteiger charge is -2.31. The maximum atomic E-state index is 13.0. The molecule has 0 spiro atoms. The van der Waals surface area contributed by atoms with Crippen LogP contribution in [0.15, 0.2) is 62.7 Å². The maximum Gasteiger partial charge on any atom is 0.261 e. The molecule has 0 atom stereocenters. The number of benzene rings is 2. The van der Waals surface area contributed by atoms with Gasteiger partial charge in [-0.15, -0.1) is 0 Å². The highest BCUT2D eigenvalue weighted by Gasteiger charge is 2.30. The Morgan fingerprint density at radius 3 is 2.40 bits per heavy atom. The Labute approximate surface area is 184 Å². The fourth-order valence-corrected chi connectivity index (χ4v) is 5.75. The smallest absolute Gasteiger partial charge is 0.261 e. The quantitative estimate of drug-likeness (QED) is 0.545. The van der Waals surface area contributed by atoms with Crippen LogP contribution >= 0.6 is 15.9 Å². The molecule has 0 saturated carbocycles. The number of hydrogen-bond acceptors (Lipinski definition) is 4. The summed E-state index contributed by atoms with van der Waals surface area (Å²) in [4.78, 5) is 18.0. The van der Waals surface area contributed by atoms with E-state index >= 15 is 0 Å².